The maximum Gasteiger partial charge on any atom is 0.348 e. The molecule has 0 saturated carbocycles. The van der Waals surface area contributed by atoms with Crippen LogP contribution in [0.4, 0.5) is 0 Å². The van der Waals surface area contributed by atoms with Gasteiger partial charge < -0.3 is 9.64 Å². The van der Waals surface area contributed by atoms with Gasteiger partial charge in [-0.25, -0.2) is 4.79 Å². The van der Waals surface area contributed by atoms with Crippen molar-refractivity contribution in [1.29, 1.82) is 0 Å². The maximum absolute atomic E-state index is 12.1. The van der Waals surface area contributed by atoms with Crippen LogP contribution in [0.2, 0.25) is 0 Å². The van der Waals surface area contributed by atoms with Crippen LogP contribution < -0.4 is 0 Å². The van der Waals surface area contributed by atoms with Crippen LogP contribution in [0, 0.1) is 5.92 Å². The summed E-state index contributed by atoms with van der Waals surface area (Å²) in [6, 6.07) is 1.94. The number of carbonyl (C=O) groups excluding carboxylic acids is 2. The number of aryl methyl sites for hydroxylation is 1. The van der Waals surface area contributed by atoms with Crippen molar-refractivity contribution in [2.45, 2.75) is 40.0 Å². The van der Waals surface area contributed by atoms with E-state index in [0.717, 1.165) is 12.8 Å². The Morgan fingerprint density at radius 3 is 2.76 bits per heavy atom. The van der Waals surface area contributed by atoms with E-state index < -0.39 is 0 Å². The normalized spacial score (nSPS) is 17.2. The maximum atomic E-state index is 12.1. The van der Waals surface area contributed by atoms with Gasteiger partial charge in [-0.2, -0.15) is 0 Å². The average molecular weight is 309 g/mol. The first kappa shape index (κ1) is 16.0. The standard InChI is InChI=1S/C16H23NO3S/c1-4-17(5-2)15(18)10-20-16(19)14-9-12-8-11(3)6-7-13(12)21-14/h9,11H,4-8,10H2,1-3H3/t11-/m0/s1. The van der Waals surface area contributed by atoms with Crippen molar-refractivity contribution in [3.63, 3.8) is 0 Å². The number of carbonyl (C=O) groups is 2. The van der Waals surface area contributed by atoms with Crippen LogP contribution in [0.5, 0.6) is 0 Å². The van der Waals surface area contributed by atoms with E-state index in [2.05, 4.69) is 6.92 Å². The Hall–Kier alpha value is -1.36. The highest BCUT2D eigenvalue weighted by Crippen LogP contribution is 2.32. The van der Waals surface area contributed by atoms with Crippen LogP contribution in [0.15, 0.2) is 6.07 Å². The Morgan fingerprint density at radius 1 is 1.38 bits per heavy atom. The van der Waals surface area contributed by atoms with Crippen molar-refractivity contribution >= 4 is 23.2 Å². The minimum absolute atomic E-state index is 0.136. The molecule has 0 saturated heterocycles. The molecular formula is C16H23NO3S. The van der Waals surface area contributed by atoms with Crippen molar-refractivity contribution in [2.75, 3.05) is 19.7 Å². The second-order valence-corrected chi connectivity index (χ2v) is 6.69. The fourth-order valence-corrected chi connectivity index (χ4v) is 3.77. The molecule has 0 unspecified atom stereocenters. The molecule has 0 radical (unpaired) electrons. The van der Waals surface area contributed by atoms with Gasteiger partial charge in [0, 0.05) is 18.0 Å². The molecular weight excluding hydrogens is 286 g/mol. The number of thiophene rings is 1. The molecule has 0 N–H and O–H groups in total. The molecule has 2 rings (SSSR count). The number of hydrogen-bond donors (Lipinski definition) is 0. The highest BCUT2D eigenvalue weighted by Gasteiger charge is 2.22. The molecule has 21 heavy (non-hydrogen) atoms. The topological polar surface area (TPSA) is 46.6 Å². The highest BCUT2D eigenvalue weighted by atomic mass is 32.1. The second kappa shape index (κ2) is 7.07. The summed E-state index contributed by atoms with van der Waals surface area (Å²) in [5, 5.41) is 0. The van der Waals surface area contributed by atoms with Gasteiger partial charge in [-0.1, -0.05) is 6.92 Å². The highest BCUT2D eigenvalue weighted by molar-refractivity contribution is 7.14. The van der Waals surface area contributed by atoms with Crippen molar-refractivity contribution < 1.29 is 14.3 Å². The van der Waals surface area contributed by atoms with E-state index in [1.54, 1.807) is 4.90 Å². The minimum atomic E-state index is -0.373. The third-order valence-corrected chi connectivity index (χ3v) is 5.19. The van der Waals surface area contributed by atoms with E-state index in [-0.39, 0.29) is 18.5 Å². The Kier molecular flexibility index (Phi) is 5.39. The first-order valence-electron chi connectivity index (χ1n) is 7.61. The van der Waals surface area contributed by atoms with E-state index in [1.807, 2.05) is 19.9 Å². The van der Waals surface area contributed by atoms with Gasteiger partial charge in [0.2, 0.25) is 0 Å². The van der Waals surface area contributed by atoms with Gasteiger partial charge in [0.1, 0.15) is 4.88 Å². The van der Waals surface area contributed by atoms with E-state index in [9.17, 15) is 9.59 Å². The van der Waals surface area contributed by atoms with Gasteiger partial charge in [-0.05, 0) is 50.7 Å². The molecule has 1 aliphatic carbocycles. The number of ether oxygens (including phenoxy) is 1. The zero-order valence-electron chi connectivity index (χ0n) is 13.0. The molecule has 0 aliphatic heterocycles. The fraction of sp³-hybridized carbons (Fsp3) is 0.625. The lowest BCUT2D eigenvalue weighted by Crippen LogP contribution is -2.34. The van der Waals surface area contributed by atoms with Crippen LogP contribution in [0.1, 0.15) is 47.3 Å². The number of nitrogens with zero attached hydrogens (tertiary/aromatic N) is 1. The minimum Gasteiger partial charge on any atom is -0.451 e. The SMILES string of the molecule is CCN(CC)C(=O)COC(=O)c1cc2c(s1)CC[C@H](C)C2. The Bertz CT molecular complexity index is 520. The monoisotopic (exact) mass is 309 g/mol. The molecule has 1 atom stereocenters. The first-order chi connectivity index (χ1) is 10.0. The number of likely N-dealkylation sites (N-methyl/N-ethyl adjacent to an activating group) is 1. The summed E-state index contributed by atoms with van der Waals surface area (Å²) in [5.74, 6) is 0.172. The van der Waals surface area contributed by atoms with Crippen molar-refractivity contribution in [1.82, 2.24) is 4.90 Å². The van der Waals surface area contributed by atoms with Crippen LogP contribution in [-0.2, 0) is 22.4 Å². The molecule has 116 valence electrons. The number of fused-ring (bicyclic) bond motifs is 1. The molecule has 5 heteroatoms. The lowest BCUT2D eigenvalue weighted by atomic mass is 9.90. The lowest BCUT2D eigenvalue weighted by Gasteiger charge is -2.17. The average Bonchev–Trinajstić information content (AvgIpc) is 2.89. The van der Waals surface area contributed by atoms with Gasteiger partial charge >= 0.3 is 5.97 Å². The zero-order chi connectivity index (χ0) is 15.4. The van der Waals surface area contributed by atoms with Gasteiger partial charge in [-0.3, -0.25) is 4.79 Å². The number of rotatable bonds is 5. The molecule has 0 spiro atoms. The summed E-state index contributed by atoms with van der Waals surface area (Å²) in [6.45, 7) is 7.17. The summed E-state index contributed by atoms with van der Waals surface area (Å²) in [5.41, 5.74) is 1.28. The smallest absolute Gasteiger partial charge is 0.348 e. The van der Waals surface area contributed by atoms with Gasteiger partial charge in [0.25, 0.3) is 5.91 Å². The lowest BCUT2D eigenvalue weighted by molar-refractivity contribution is -0.134. The van der Waals surface area contributed by atoms with E-state index in [0.29, 0.717) is 23.9 Å². The van der Waals surface area contributed by atoms with Crippen molar-refractivity contribution in [3.8, 4) is 0 Å². The van der Waals surface area contributed by atoms with E-state index in [1.165, 1.54) is 28.2 Å². The van der Waals surface area contributed by atoms with E-state index >= 15 is 0 Å². The quantitative estimate of drug-likeness (QED) is 0.786. The molecule has 0 bridgehead atoms. The second-order valence-electron chi connectivity index (χ2n) is 5.55. The first-order valence-corrected chi connectivity index (χ1v) is 8.43. The molecule has 0 aromatic carbocycles. The van der Waals surface area contributed by atoms with Gasteiger partial charge in [0.15, 0.2) is 6.61 Å². The van der Waals surface area contributed by atoms with Crippen LogP contribution in [-0.4, -0.2) is 36.5 Å². The van der Waals surface area contributed by atoms with Crippen molar-refractivity contribution in [3.05, 3.63) is 21.4 Å². The van der Waals surface area contributed by atoms with Gasteiger partial charge in [-0.15, -0.1) is 11.3 Å². The predicted molar refractivity (Wildman–Crippen MR) is 83.7 cm³/mol. The van der Waals surface area contributed by atoms with Crippen LogP contribution >= 0.6 is 11.3 Å². The molecule has 0 fully saturated rings. The molecule has 1 heterocycles. The molecule has 1 aromatic heterocycles. The number of hydrogen-bond acceptors (Lipinski definition) is 4. The summed E-state index contributed by atoms with van der Waals surface area (Å²) in [4.78, 5) is 27.5. The third-order valence-electron chi connectivity index (χ3n) is 3.97. The third kappa shape index (κ3) is 3.84. The summed E-state index contributed by atoms with van der Waals surface area (Å²) >= 11 is 1.52. The van der Waals surface area contributed by atoms with Crippen molar-refractivity contribution in [2.24, 2.45) is 5.92 Å². The molecule has 1 amide bonds. The Balaban J connectivity index is 1.94. The largest absolute Gasteiger partial charge is 0.451 e. The fourth-order valence-electron chi connectivity index (χ4n) is 2.67. The molecule has 1 aliphatic rings. The molecule has 1 aromatic rings. The van der Waals surface area contributed by atoms with Gasteiger partial charge in [0.05, 0.1) is 0 Å². The number of esters is 1. The number of amides is 1. The summed E-state index contributed by atoms with van der Waals surface area (Å²) < 4.78 is 5.16. The Morgan fingerprint density at radius 2 is 2.10 bits per heavy atom. The Labute approximate surface area is 130 Å². The summed E-state index contributed by atoms with van der Waals surface area (Å²) in [7, 11) is 0. The predicted octanol–water partition coefficient (Wildman–Crippen LogP) is 2.90. The zero-order valence-corrected chi connectivity index (χ0v) is 13.8. The van der Waals surface area contributed by atoms with E-state index in [4.69, 9.17) is 4.74 Å². The summed E-state index contributed by atoms with van der Waals surface area (Å²) in [6.07, 6.45) is 3.27. The van der Waals surface area contributed by atoms with Crippen LogP contribution in [0.3, 0.4) is 0 Å². The molecule has 4 nitrogen and oxygen atoms in total. The van der Waals surface area contributed by atoms with Crippen LogP contribution in [0.25, 0.3) is 0 Å².